The van der Waals surface area contributed by atoms with Crippen molar-refractivity contribution in [2.24, 2.45) is 0 Å². The second-order valence-electron chi connectivity index (χ2n) is 4.46. The monoisotopic (exact) mass is 287 g/mol. The highest BCUT2D eigenvalue weighted by atomic mass is 32.2. The van der Waals surface area contributed by atoms with E-state index in [1.165, 1.54) is 0 Å². The van der Waals surface area contributed by atoms with Crippen molar-refractivity contribution in [3.8, 4) is 0 Å². The molecule has 0 aliphatic carbocycles. The van der Waals surface area contributed by atoms with Gasteiger partial charge in [0.15, 0.2) is 5.13 Å². The molecule has 0 aliphatic heterocycles. The Morgan fingerprint density at radius 1 is 1.50 bits per heavy atom. The van der Waals surface area contributed by atoms with Gasteiger partial charge in [-0.1, -0.05) is 13.8 Å². The van der Waals surface area contributed by atoms with Crippen molar-refractivity contribution in [1.82, 2.24) is 10.3 Å². The van der Waals surface area contributed by atoms with Crippen molar-refractivity contribution in [2.45, 2.75) is 39.3 Å². The van der Waals surface area contributed by atoms with Crippen LogP contribution in [-0.4, -0.2) is 36.6 Å². The maximum atomic E-state index is 4.75. The van der Waals surface area contributed by atoms with E-state index in [-0.39, 0.29) is 0 Å². The minimum absolute atomic E-state index is 0.342. The third-order valence-electron chi connectivity index (χ3n) is 3.14. The van der Waals surface area contributed by atoms with E-state index in [0.29, 0.717) is 12.1 Å². The van der Waals surface area contributed by atoms with Gasteiger partial charge in [0, 0.05) is 30.3 Å². The zero-order chi connectivity index (χ0) is 13.5. The molecule has 1 aromatic heterocycles. The number of nitrogens with one attached hydrogen (secondary N) is 1. The number of thiazole rings is 1. The van der Waals surface area contributed by atoms with Gasteiger partial charge in [-0.3, -0.25) is 0 Å². The molecular formula is C13H25N3S2. The van der Waals surface area contributed by atoms with Crippen LogP contribution in [0.5, 0.6) is 0 Å². The van der Waals surface area contributed by atoms with E-state index >= 15 is 0 Å². The van der Waals surface area contributed by atoms with Crippen LogP contribution >= 0.6 is 23.1 Å². The van der Waals surface area contributed by atoms with Gasteiger partial charge in [0.2, 0.25) is 0 Å². The predicted octanol–water partition coefficient (Wildman–Crippen LogP) is 3.39. The van der Waals surface area contributed by atoms with E-state index in [1.54, 1.807) is 11.3 Å². The highest BCUT2D eigenvalue weighted by Gasteiger charge is 2.17. The van der Waals surface area contributed by atoms with Gasteiger partial charge in [-0.25, -0.2) is 4.98 Å². The zero-order valence-corrected chi connectivity index (χ0v) is 13.7. The Labute approximate surface area is 119 Å². The Morgan fingerprint density at radius 3 is 2.78 bits per heavy atom. The van der Waals surface area contributed by atoms with Gasteiger partial charge >= 0.3 is 0 Å². The summed E-state index contributed by atoms with van der Waals surface area (Å²) in [6.07, 6.45) is 3.33. The summed E-state index contributed by atoms with van der Waals surface area (Å²) in [4.78, 5) is 7.08. The molecule has 0 bridgehead atoms. The number of hydrogen-bond acceptors (Lipinski definition) is 5. The lowest BCUT2D eigenvalue weighted by Gasteiger charge is -2.26. The van der Waals surface area contributed by atoms with E-state index in [1.807, 2.05) is 11.8 Å². The fourth-order valence-corrected chi connectivity index (χ4v) is 3.70. The highest BCUT2D eigenvalue weighted by molar-refractivity contribution is 7.98. The molecule has 0 spiro atoms. The molecule has 2 atom stereocenters. The van der Waals surface area contributed by atoms with Crippen LogP contribution in [0.25, 0.3) is 0 Å². The van der Waals surface area contributed by atoms with Gasteiger partial charge < -0.3 is 10.2 Å². The molecule has 18 heavy (non-hydrogen) atoms. The maximum Gasteiger partial charge on any atom is 0.185 e. The Bertz CT molecular complexity index is 341. The standard InChI is InChI=1S/C13H25N3S2/c1-6-11(8-17-5)16(4)13-15-12(9-18-13)10(3)14-7-2/h9-11,14H,6-8H2,1-5H3. The lowest BCUT2D eigenvalue weighted by molar-refractivity contribution is 0.584. The van der Waals surface area contributed by atoms with E-state index in [4.69, 9.17) is 4.98 Å². The summed E-state index contributed by atoms with van der Waals surface area (Å²) in [5.41, 5.74) is 1.16. The topological polar surface area (TPSA) is 28.2 Å². The van der Waals surface area contributed by atoms with Gasteiger partial charge in [-0.2, -0.15) is 11.8 Å². The quantitative estimate of drug-likeness (QED) is 0.793. The van der Waals surface area contributed by atoms with E-state index in [9.17, 15) is 0 Å². The van der Waals surface area contributed by atoms with Gasteiger partial charge in [0.25, 0.3) is 0 Å². The number of anilines is 1. The summed E-state index contributed by atoms with van der Waals surface area (Å²) in [6, 6.07) is 0.919. The van der Waals surface area contributed by atoms with Crippen molar-refractivity contribution in [2.75, 3.05) is 30.5 Å². The molecule has 0 amide bonds. The SMILES string of the molecule is CCNC(C)c1csc(N(C)C(CC)CSC)n1. The molecule has 104 valence electrons. The number of hydrogen-bond donors (Lipinski definition) is 1. The van der Waals surface area contributed by atoms with E-state index in [2.05, 4.69) is 49.7 Å². The molecule has 3 nitrogen and oxygen atoms in total. The zero-order valence-electron chi connectivity index (χ0n) is 12.1. The van der Waals surface area contributed by atoms with Gasteiger partial charge in [0.05, 0.1) is 5.69 Å². The molecule has 0 saturated carbocycles. The van der Waals surface area contributed by atoms with Crippen molar-refractivity contribution < 1.29 is 0 Å². The fourth-order valence-electron chi connectivity index (χ4n) is 1.90. The smallest absolute Gasteiger partial charge is 0.185 e. The molecule has 1 aromatic rings. The first kappa shape index (κ1) is 15.8. The Hall–Kier alpha value is -0.260. The van der Waals surface area contributed by atoms with E-state index in [0.717, 1.165) is 29.5 Å². The Kier molecular flexibility index (Phi) is 7.04. The number of thioether (sulfide) groups is 1. The molecule has 0 aromatic carbocycles. The number of rotatable bonds is 8. The average Bonchev–Trinajstić information content (AvgIpc) is 2.85. The van der Waals surface area contributed by atoms with Crippen molar-refractivity contribution in [1.29, 1.82) is 0 Å². The summed E-state index contributed by atoms with van der Waals surface area (Å²) in [6.45, 7) is 7.52. The second-order valence-corrected chi connectivity index (χ2v) is 6.21. The molecule has 1 rings (SSSR count). The fraction of sp³-hybridized carbons (Fsp3) is 0.769. The van der Waals surface area contributed by atoms with Crippen LogP contribution in [0.4, 0.5) is 5.13 Å². The molecule has 0 saturated heterocycles. The molecule has 0 fully saturated rings. The summed E-state index contributed by atoms with van der Waals surface area (Å²) in [5.74, 6) is 1.16. The van der Waals surface area contributed by atoms with Crippen LogP contribution < -0.4 is 10.2 Å². The maximum absolute atomic E-state index is 4.75. The summed E-state index contributed by atoms with van der Waals surface area (Å²) >= 11 is 3.65. The van der Waals surface area contributed by atoms with E-state index < -0.39 is 0 Å². The minimum Gasteiger partial charge on any atom is -0.347 e. The predicted molar refractivity (Wildman–Crippen MR) is 85.1 cm³/mol. The summed E-state index contributed by atoms with van der Waals surface area (Å²) in [5, 5.41) is 6.71. The molecule has 1 N–H and O–H groups in total. The average molecular weight is 287 g/mol. The van der Waals surface area contributed by atoms with Crippen molar-refractivity contribution in [3.05, 3.63) is 11.1 Å². The first-order chi connectivity index (χ1) is 8.63. The van der Waals surface area contributed by atoms with Crippen LogP contribution in [0.3, 0.4) is 0 Å². The molecular weight excluding hydrogens is 262 g/mol. The Balaban J connectivity index is 2.71. The molecule has 0 aliphatic rings. The second kappa shape index (κ2) is 8.02. The number of aromatic nitrogens is 1. The first-order valence-corrected chi connectivity index (χ1v) is 8.81. The minimum atomic E-state index is 0.342. The lowest BCUT2D eigenvalue weighted by atomic mass is 10.2. The molecule has 0 radical (unpaired) electrons. The summed E-state index contributed by atoms with van der Waals surface area (Å²) < 4.78 is 0. The van der Waals surface area contributed by atoms with Gasteiger partial charge in [-0.05, 0) is 26.1 Å². The highest BCUT2D eigenvalue weighted by Crippen LogP contribution is 2.26. The van der Waals surface area contributed by atoms with Crippen LogP contribution in [-0.2, 0) is 0 Å². The molecule has 1 heterocycles. The van der Waals surface area contributed by atoms with Gasteiger partial charge in [0.1, 0.15) is 0 Å². The third kappa shape index (κ3) is 4.14. The van der Waals surface area contributed by atoms with Gasteiger partial charge in [-0.15, -0.1) is 11.3 Å². The van der Waals surface area contributed by atoms with Crippen LogP contribution in [0.1, 0.15) is 38.9 Å². The lowest BCUT2D eigenvalue weighted by Crippen LogP contribution is -2.33. The molecule has 2 unspecified atom stereocenters. The van der Waals surface area contributed by atoms with Crippen molar-refractivity contribution >= 4 is 28.2 Å². The number of nitrogens with zero attached hydrogens (tertiary/aromatic N) is 2. The largest absolute Gasteiger partial charge is 0.347 e. The third-order valence-corrected chi connectivity index (χ3v) is 4.81. The molecule has 5 heteroatoms. The first-order valence-electron chi connectivity index (χ1n) is 6.54. The van der Waals surface area contributed by atoms with Crippen molar-refractivity contribution in [3.63, 3.8) is 0 Å². The summed E-state index contributed by atoms with van der Waals surface area (Å²) in [7, 11) is 2.16. The Morgan fingerprint density at radius 2 is 2.22 bits per heavy atom. The van der Waals surface area contributed by atoms with Crippen LogP contribution in [0.2, 0.25) is 0 Å². The normalized spacial score (nSPS) is 14.5. The van der Waals surface area contributed by atoms with Crippen LogP contribution in [0, 0.1) is 0 Å². The van der Waals surface area contributed by atoms with Crippen LogP contribution in [0.15, 0.2) is 5.38 Å².